The van der Waals surface area contributed by atoms with E-state index < -0.39 is 0 Å². The highest BCUT2D eigenvalue weighted by Gasteiger charge is 2.36. The summed E-state index contributed by atoms with van der Waals surface area (Å²) >= 11 is 0. The predicted octanol–water partition coefficient (Wildman–Crippen LogP) is 0.160. The van der Waals surface area contributed by atoms with Crippen LogP contribution in [0.2, 0.25) is 0 Å². The summed E-state index contributed by atoms with van der Waals surface area (Å²) in [6.45, 7) is 4.74. The number of nitrogens with one attached hydrogen (secondary N) is 1. The maximum absolute atomic E-state index is 8.72. The molecule has 0 amide bonds. The summed E-state index contributed by atoms with van der Waals surface area (Å²) in [6.07, 6.45) is 4.53. The number of hydrogen-bond donors (Lipinski definition) is 2. The molecule has 84 valence electrons. The molecule has 1 saturated carbocycles. The lowest BCUT2D eigenvalue weighted by molar-refractivity contribution is 0.268. The third-order valence-corrected chi connectivity index (χ3v) is 2.88. The molecule has 1 aromatic heterocycles. The highest BCUT2D eigenvalue weighted by atomic mass is 16.3. The smallest absolute Gasteiger partial charge is 0.0964 e. The zero-order valence-corrected chi connectivity index (χ0v) is 9.11. The van der Waals surface area contributed by atoms with Crippen LogP contribution in [0.5, 0.6) is 0 Å². The van der Waals surface area contributed by atoms with Gasteiger partial charge in [-0.25, -0.2) is 4.68 Å². The Hall–Kier alpha value is -0.940. The second-order valence-electron chi connectivity index (χ2n) is 4.61. The molecule has 2 N–H and O–H groups in total. The Kier molecular flexibility index (Phi) is 3.02. The summed E-state index contributed by atoms with van der Waals surface area (Å²) < 4.78 is 1.66. The van der Waals surface area contributed by atoms with E-state index in [0.717, 1.165) is 18.8 Å². The highest BCUT2D eigenvalue weighted by molar-refractivity contribution is 4.94. The van der Waals surface area contributed by atoms with Crippen LogP contribution in [-0.4, -0.2) is 33.3 Å². The lowest BCUT2D eigenvalue weighted by Crippen LogP contribution is -2.21. The third kappa shape index (κ3) is 3.00. The van der Waals surface area contributed by atoms with E-state index in [1.165, 1.54) is 12.8 Å². The van der Waals surface area contributed by atoms with E-state index in [1.54, 1.807) is 4.68 Å². The number of hydrogen-bond acceptors (Lipinski definition) is 4. The second-order valence-corrected chi connectivity index (χ2v) is 4.61. The Morgan fingerprint density at radius 3 is 3.07 bits per heavy atom. The summed E-state index contributed by atoms with van der Waals surface area (Å²) in [5, 5.41) is 20.0. The van der Waals surface area contributed by atoms with Crippen molar-refractivity contribution in [1.82, 2.24) is 20.3 Å². The first-order chi connectivity index (χ1) is 7.22. The summed E-state index contributed by atoms with van der Waals surface area (Å²) in [7, 11) is 0. The standard InChI is InChI=1S/C10H18N4O/c1-10(2-3-10)8-11-6-9-7-14(4-5-15)13-12-9/h7,11,15H,2-6,8H2,1H3. The summed E-state index contributed by atoms with van der Waals surface area (Å²) in [4.78, 5) is 0. The van der Waals surface area contributed by atoms with Gasteiger partial charge in [-0.15, -0.1) is 5.10 Å². The van der Waals surface area contributed by atoms with Crippen molar-refractivity contribution in [2.75, 3.05) is 13.2 Å². The number of aromatic nitrogens is 3. The van der Waals surface area contributed by atoms with Crippen LogP contribution in [0.4, 0.5) is 0 Å². The van der Waals surface area contributed by atoms with Gasteiger partial charge in [-0.2, -0.15) is 0 Å². The Balaban J connectivity index is 1.73. The van der Waals surface area contributed by atoms with Crippen molar-refractivity contribution in [2.45, 2.75) is 32.9 Å². The number of nitrogens with zero attached hydrogens (tertiary/aromatic N) is 3. The monoisotopic (exact) mass is 210 g/mol. The fourth-order valence-electron chi connectivity index (χ4n) is 1.51. The molecule has 0 aromatic carbocycles. The van der Waals surface area contributed by atoms with Gasteiger partial charge in [-0.1, -0.05) is 12.1 Å². The van der Waals surface area contributed by atoms with Crippen molar-refractivity contribution in [3.05, 3.63) is 11.9 Å². The van der Waals surface area contributed by atoms with E-state index in [-0.39, 0.29) is 6.61 Å². The molecule has 0 radical (unpaired) electrons. The van der Waals surface area contributed by atoms with Crippen LogP contribution in [0.15, 0.2) is 6.20 Å². The quantitative estimate of drug-likeness (QED) is 0.702. The summed E-state index contributed by atoms with van der Waals surface area (Å²) in [6, 6.07) is 0. The molecule has 0 spiro atoms. The topological polar surface area (TPSA) is 63.0 Å². The van der Waals surface area contributed by atoms with Crippen molar-refractivity contribution in [2.24, 2.45) is 5.41 Å². The zero-order chi connectivity index (χ0) is 10.7. The number of rotatable bonds is 6. The maximum Gasteiger partial charge on any atom is 0.0964 e. The lowest BCUT2D eigenvalue weighted by atomic mass is 10.1. The molecule has 1 heterocycles. The minimum absolute atomic E-state index is 0.105. The van der Waals surface area contributed by atoms with Crippen LogP contribution in [-0.2, 0) is 13.1 Å². The second kappa shape index (κ2) is 4.28. The molecule has 0 bridgehead atoms. The van der Waals surface area contributed by atoms with Crippen LogP contribution in [0.3, 0.4) is 0 Å². The van der Waals surface area contributed by atoms with Crippen LogP contribution in [0.1, 0.15) is 25.5 Å². The third-order valence-electron chi connectivity index (χ3n) is 2.88. The van der Waals surface area contributed by atoms with Crippen molar-refractivity contribution in [1.29, 1.82) is 0 Å². The van der Waals surface area contributed by atoms with E-state index in [1.807, 2.05) is 6.20 Å². The molecule has 0 saturated heterocycles. The van der Waals surface area contributed by atoms with Crippen molar-refractivity contribution < 1.29 is 5.11 Å². The SMILES string of the molecule is CC1(CNCc2cn(CCO)nn2)CC1. The molecule has 15 heavy (non-hydrogen) atoms. The van der Waals surface area contributed by atoms with Crippen molar-refractivity contribution in [3.8, 4) is 0 Å². The first-order valence-electron chi connectivity index (χ1n) is 5.42. The number of aliphatic hydroxyl groups excluding tert-OH is 1. The Morgan fingerprint density at radius 2 is 2.40 bits per heavy atom. The molecule has 5 heteroatoms. The average molecular weight is 210 g/mol. The Bertz CT molecular complexity index is 319. The van der Waals surface area contributed by atoms with Gasteiger partial charge < -0.3 is 10.4 Å². The van der Waals surface area contributed by atoms with Gasteiger partial charge in [0.15, 0.2) is 0 Å². The molecule has 0 atom stereocenters. The normalized spacial score (nSPS) is 18.0. The van der Waals surface area contributed by atoms with Crippen LogP contribution in [0.25, 0.3) is 0 Å². The largest absolute Gasteiger partial charge is 0.394 e. The van der Waals surface area contributed by atoms with Gasteiger partial charge in [0.05, 0.1) is 18.8 Å². The van der Waals surface area contributed by atoms with Gasteiger partial charge in [-0.05, 0) is 18.3 Å². The van der Waals surface area contributed by atoms with E-state index in [2.05, 4.69) is 22.6 Å². The van der Waals surface area contributed by atoms with E-state index in [9.17, 15) is 0 Å². The highest BCUT2D eigenvalue weighted by Crippen LogP contribution is 2.44. The molecule has 1 aliphatic carbocycles. The molecule has 0 aliphatic heterocycles. The fraction of sp³-hybridized carbons (Fsp3) is 0.800. The number of aliphatic hydroxyl groups is 1. The lowest BCUT2D eigenvalue weighted by Gasteiger charge is -2.07. The Labute approximate surface area is 89.5 Å². The van der Waals surface area contributed by atoms with Crippen molar-refractivity contribution >= 4 is 0 Å². The van der Waals surface area contributed by atoms with Crippen molar-refractivity contribution in [3.63, 3.8) is 0 Å². The molecule has 1 fully saturated rings. The summed E-state index contributed by atoms with van der Waals surface area (Å²) in [5.41, 5.74) is 1.47. The predicted molar refractivity (Wildman–Crippen MR) is 56.2 cm³/mol. The summed E-state index contributed by atoms with van der Waals surface area (Å²) in [5.74, 6) is 0. The van der Waals surface area contributed by atoms with E-state index in [4.69, 9.17) is 5.11 Å². The van der Waals surface area contributed by atoms with Gasteiger partial charge in [-0.3, -0.25) is 0 Å². The van der Waals surface area contributed by atoms with Gasteiger partial charge in [0.25, 0.3) is 0 Å². The van der Waals surface area contributed by atoms with Gasteiger partial charge in [0, 0.05) is 19.3 Å². The molecule has 1 aliphatic rings. The van der Waals surface area contributed by atoms with E-state index in [0.29, 0.717) is 12.0 Å². The molecular formula is C10H18N4O. The maximum atomic E-state index is 8.72. The Morgan fingerprint density at radius 1 is 1.60 bits per heavy atom. The minimum Gasteiger partial charge on any atom is -0.394 e. The van der Waals surface area contributed by atoms with Gasteiger partial charge in [0.2, 0.25) is 0 Å². The molecular weight excluding hydrogens is 192 g/mol. The van der Waals surface area contributed by atoms with Crippen LogP contribution < -0.4 is 5.32 Å². The van der Waals surface area contributed by atoms with Crippen LogP contribution >= 0.6 is 0 Å². The first-order valence-corrected chi connectivity index (χ1v) is 5.42. The first kappa shape index (κ1) is 10.6. The van der Waals surface area contributed by atoms with Crippen LogP contribution in [0, 0.1) is 5.41 Å². The van der Waals surface area contributed by atoms with Gasteiger partial charge >= 0.3 is 0 Å². The minimum atomic E-state index is 0.105. The average Bonchev–Trinajstić information content (AvgIpc) is 2.76. The fourth-order valence-corrected chi connectivity index (χ4v) is 1.51. The zero-order valence-electron chi connectivity index (χ0n) is 9.11. The molecule has 5 nitrogen and oxygen atoms in total. The molecule has 0 unspecified atom stereocenters. The van der Waals surface area contributed by atoms with Gasteiger partial charge in [0.1, 0.15) is 0 Å². The molecule has 2 rings (SSSR count). The van der Waals surface area contributed by atoms with E-state index >= 15 is 0 Å². The molecule has 1 aromatic rings.